The summed E-state index contributed by atoms with van der Waals surface area (Å²) in [5.74, 6) is 0.348. The Balaban J connectivity index is 1.92. The van der Waals surface area contributed by atoms with Crippen molar-refractivity contribution in [2.24, 2.45) is 5.92 Å². The minimum atomic E-state index is -5.64. The Hall–Kier alpha value is -1.28. The van der Waals surface area contributed by atoms with Crippen molar-refractivity contribution in [1.29, 1.82) is 0 Å². The van der Waals surface area contributed by atoms with Gasteiger partial charge in [-0.15, -0.1) is 0 Å². The molecule has 1 aliphatic heterocycles. The molecule has 0 amide bonds. The van der Waals surface area contributed by atoms with Crippen LogP contribution in [0.15, 0.2) is 18.2 Å². The van der Waals surface area contributed by atoms with E-state index in [-0.39, 0.29) is 11.2 Å². The first kappa shape index (κ1) is 16.6. The highest BCUT2D eigenvalue weighted by Crippen LogP contribution is 2.44. The number of alkyl halides is 3. The van der Waals surface area contributed by atoms with Crippen LogP contribution in [0.5, 0.6) is 5.75 Å². The Morgan fingerprint density at radius 2 is 2.04 bits per heavy atom. The fourth-order valence-corrected chi connectivity index (χ4v) is 3.66. The molecular weight excluding hydrogens is 331 g/mol. The highest BCUT2D eigenvalue weighted by Gasteiger charge is 2.48. The van der Waals surface area contributed by atoms with E-state index < -0.39 is 15.6 Å². The molecule has 0 radical (unpaired) electrons. The number of nitrogens with one attached hydrogen (secondary N) is 1. The molecule has 0 bridgehead atoms. The van der Waals surface area contributed by atoms with Crippen molar-refractivity contribution in [2.75, 3.05) is 6.54 Å². The zero-order chi connectivity index (χ0) is 16.9. The van der Waals surface area contributed by atoms with Crippen LogP contribution in [0.2, 0.25) is 0 Å². The smallest absolute Gasteiger partial charge is 0.376 e. The summed E-state index contributed by atoms with van der Waals surface area (Å²) in [7, 11) is -5.64. The molecule has 3 rings (SSSR count). The first-order chi connectivity index (χ1) is 10.6. The van der Waals surface area contributed by atoms with E-state index in [0.717, 1.165) is 17.5 Å². The predicted molar refractivity (Wildman–Crippen MR) is 78.4 cm³/mol. The summed E-state index contributed by atoms with van der Waals surface area (Å²) >= 11 is 0. The topological polar surface area (TPSA) is 55.4 Å². The fraction of sp³-hybridized carbons (Fsp3) is 0.600. The van der Waals surface area contributed by atoms with Crippen LogP contribution in [-0.4, -0.2) is 20.5 Å². The number of hydrogen-bond donors (Lipinski definition) is 1. The first-order valence-electron chi connectivity index (χ1n) is 7.46. The molecule has 8 heteroatoms. The predicted octanol–water partition coefficient (Wildman–Crippen LogP) is 3.08. The average molecular weight is 349 g/mol. The quantitative estimate of drug-likeness (QED) is 0.670. The summed E-state index contributed by atoms with van der Waals surface area (Å²) < 4.78 is 64.0. The number of halogens is 3. The maximum atomic E-state index is 12.5. The Kier molecular flexibility index (Phi) is 3.87. The summed E-state index contributed by atoms with van der Waals surface area (Å²) in [6.07, 6.45) is 3.27. The molecular formula is C15H18F3NO3S. The molecule has 23 heavy (non-hydrogen) atoms. The van der Waals surface area contributed by atoms with Gasteiger partial charge < -0.3 is 9.50 Å². The van der Waals surface area contributed by atoms with E-state index in [4.69, 9.17) is 0 Å². The van der Waals surface area contributed by atoms with Crippen LogP contribution in [-0.2, 0) is 22.1 Å². The van der Waals surface area contributed by atoms with Crippen molar-refractivity contribution >= 4 is 10.1 Å². The monoisotopic (exact) mass is 349 g/mol. The van der Waals surface area contributed by atoms with Gasteiger partial charge in [-0.3, -0.25) is 0 Å². The second kappa shape index (κ2) is 5.37. The van der Waals surface area contributed by atoms with Gasteiger partial charge in [0.05, 0.1) is 0 Å². The molecule has 128 valence electrons. The molecule has 1 unspecified atom stereocenters. The maximum Gasteiger partial charge on any atom is 0.534 e. The van der Waals surface area contributed by atoms with Gasteiger partial charge in [0.2, 0.25) is 0 Å². The van der Waals surface area contributed by atoms with E-state index in [9.17, 15) is 21.6 Å². The SMILES string of the molecule is CC1(CC2CC2)CNCc2ccc(OS(=O)(=O)C(F)(F)F)cc21. The minimum Gasteiger partial charge on any atom is -0.376 e. The normalized spacial score (nSPS) is 25.0. The molecule has 1 fully saturated rings. The van der Waals surface area contributed by atoms with Crippen LogP contribution in [0, 0.1) is 5.92 Å². The molecule has 0 spiro atoms. The summed E-state index contributed by atoms with van der Waals surface area (Å²) in [6, 6.07) is 4.35. The summed E-state index contributed by atoms with van der Waals surface area (Å²) in [6.45, 7) is 3.38. The number of fused-ring (bicyclic) bond motifs is 1. The molecule has 0 saturated heterocycles. The van der Waals surface area contributed by atoms with Gasteiger partial charge in [0.15, 0.2) is 0 Å². The molecule has 0 aromatic heterocycles. The third-order valence-electron chi connectivity index (χ3n) is 4.49. The Morgan fingerprint density at radius 1 is 1.35 bits per heavy atom. The van der Waals surface area contributed by atoms with Crippen molar-refractivity contribution in [3.63, 3.8) is 0 Å². The second-order valence-corrected chi connectivity index (χ2v) is 8.15. The lowest BCUT2D eigenvalue weighted by Gasteiger charge is -2.37. The number of benzene rings is 1. The van der Waals surface area contributed by atoms with Gasteiger partial charge >= 0.3 is 15.6 Å². The van der Waals surface area contributed by atoms with Crippen LogP contribution >= 0.6 is 0 Å². The Morgan fingerprint density at radius 3 is 2.65 bits per heavy atom. The largest absolute Gasteiger partial charge is 0.534 e. The summed E-state index contributed by atoms with van der Waals surface area (Å²) in [4.78, 5) is 0. The fourth-order valence-electron chi connectivity index (χ4n) is 3.21. The molecule has 1 saturated carbocycles. The number of hydrogen-bond acceptors (Lipinski definition) is 4. The zero-order valence-corrected chi connectivity index (χ0v) is 13.4. The van der Waals surface area contributed by atoms with Gasteiger partial charge in [-0.25, -0.2) is 0 Å². The Bertz CT molecular complexity index is 713. The van der Waals surface area contributed by atoms with Gasteiger partial charge in [0.25, 0.3) is 0 Å². The molecule has 1 aromatic carbocycles. The Labute approximate surface area is 133 Å². The number of rotatable bonds is 4. The van der Waals surface area contributed by atoms with Crippen molar-refractivity contribution in [3.8, 4) is 5.75 Å². The zero-order valence-electron chi connectivity index (χ0n) is 12.6. The molecule has 2 aliphatic rings. The van der Waals surface area contributed by atoms with Gasteiger partial charge in [0, 0.05) is 18.5 Å². The summed E-state index contributed by atoms with van der Waals surface area (Å²) in [5.41, 5.74) is -3.81. The molecule has 1 N–H and O–H groups in total. The highest BCUT2D eigenvalue weighted by molar-refractivity contribution is 7.88. The van der Waals surface area contributed by atoms with Crippen molar-refractivity contribution in [2.45, 2.75) is 43.7 Å². The lowest BCUT2D eigenvalue weighted by Crippen LogP contribution is -2.41. The third-order valence-corrected chi connectivity index (χ3v) is 5.47. The van der Waals surface area contributed by atoms with Crippen molar-refractivity contribution < 1.29 is 25.8 Å². The van der Waals surface area contributed by atoms with E-state index in [1.165, 1.54) is 25.0 Å². The molecule has 1 aliphatic carbocycles. The second-order valence-electron chi connectivity index (χ2n) is 6.61. The van der Waals surface area contributed by atoms with E-state index in [1.54, 1.807) is 6.07 Å². The molecule has 4 nitrogen and oxygen atoms in total. The van der Waals surface area contributed by atoms with E-state index in [0.29, 0.717) is 19.0 Å². The maximum absolute atomic E-state index is 12.5. The van der Waals surface area contributed by atoms with E-state index in [2.05, 4.69) is 16.4 Å². The van der Waals surface area contributed by atoms with E-state index in [1.807, 2.05) is 0 Å². The standard InChI is InChI=1S/C15H18F3NO3S/c1-14(7-10-2-3-10)9-19-8-11-4-5-12(6-13(11)14)22-23(20,21)15(16,17)18/h4-6,10,19H,2-3,7-9H2,1H3. The average Bonchev–Trinajstić information content (AvgIpc) is 3.22. The van der Waals surface area contributed by atoms with Gasteiger partial charge in [0.1, 0.15) is 5.75 Å². The van der Waals surface area contributed by atoms with Gasteiger partial charge in [-0.1, -0.05) is 25.8 Å². The third kappa shape index (κ3) is 3.33. The molecule has 1 atom stereocenters. The van der Waals surface area contributed by atoms with Gasteiger partial charge in [-0.05, 0) is 35.6 Å². The molecule has 1 aromatic rings. The lowest BCUT2D eigenvalue weighted by molar-refractivity contribution is -0.0500. The van der Waals surface area contributed by atoms with E-state index >= 15 is 0 Å². The summed E-state index contributed by atoms with van der Waals surface area (Å²) in [5, 5.41) is 3.32. The molecule has 1 heterocycles. The van der Waals surface area contributed by atoms with Crippen LogP contribution in [0.1, 0.15) is 37.3 Å². The lowest BCUT2D eigenvalue weighted by atomic mass is 9.74. The van der Waals surface area contributed by atoms with Crippen molar-refractivity contribution in [3.05, 3.63) is 29.3 Å². The van der Waals surface area contributed by atoms with Crippen molar-refractivity contribution in [1.82, 2.24) is 5.32 Å². The minimum absolute atomic E-state index is 0.226. The first-order valence-corrected chi connectivity index (χ1v) is 8.86. The van der Waals surface area contributed by atoms with Crippen LogP contribution in [0.3, 0.4) is 0 Å². The van der Waals surface area contributed by atoms with Crippen LogP contribution in [0.4, 0.5) is 13.2 Å². The highest BCUT2D eigenvalue weighted by atomic mass is 32.2. The van der Waals surface area contributed by atoms with Crippen LogP contribution < -0.4 is 9.50 Å². The van der Waals surface area contributed by atoms with Gasteiger partial charge in [-0.2, -0.15) is 21.6 Å². The van der Waals surface area contributed by atoms with Crippen LogP contribution in [0.25, 0.3) is 0 Å².